The van der Waals surface area contributed by atoms with Crippen LogP contribution in [0.3, 0.4) is 0 Å². The zero-order valence-corrected chi connectivity index (χ0v) is 12.7. The molecule has 0 saturated heterocycles. The molecule has 0 aliphatic carbocycles. The molecule has 1 unspecified atom stereocenters. The Labute approximate surface area is 120 Å². The summed E-state index contributed by atoms with van der Waals surface area (Å²) in [6.07, 6.45) is 0.393. The summed E-state index contributed by atoms with van der Waals surface area (Å²) >= 11 is 3.43. The number of nitrogens with zero attached hydrogens (tertiary/aromatic N) is 1. The zero-order chi connectivity index (χ0) is 14.4. The molecule has 1 rings (SSSR count). The van der Waals surface area contributed by atoms with Gasteiger partial charge in [0.1, 0.15) is 0 Å². The Balaban J connectivity index is 3.30. The van der Waals surface area contributed by atoms with E-state index in [0.717, 1.165) is 5.56 Å². The van der Waals surface area contributed by atoms with Gasteiger partial charge in [0.2, 0.25) is 5.75 Å². The van der Waals surface area contributed by atoms with Crippen LogP contribution in [-0.4, -0.2) is 33.0 Å². The lowest BCUT2D eigenvalue weighted by molar-refractivity contribution is 0.255. The highest BCUT2D eigenvalue weighted by Crippen LogP contribution is 2.45. The minimum Gasteiger partial charge on any atom is -0.493 e. The molecule has 0 bridgehead atoms. The number of hydrogen-bond acceptors (Lipinski definition) is 5. The summed E-state index contributed by atoms with van der Waals surface area (Å²) in [5, 5.41) is 18.0. The van der Waals surface area contributed by atoms with Gasteiger partial charge in [-0.2, -0.15) is 5.26 Å². The van der Waals surface area contributed by atoms with Gasteiger partial charge in [0.15, 0.2) is 11.5 Å². The molecule has 0 heterocycles. The lowest BCUT2D eigenvalue weighted by Gasteiger charge is -2.17. The maximum absolute atomic E-state index is 9.11. The van der Waals surface area contributed by atoms with Crippen LogP contribution in [0.25, 0.3) is 0 Å². The first kappa shape index (κ1) is 15.6. The Kier molecular flexibility index (Phi) is 5.93. The van der Waals surface area contributed by atoms with Crippen LogP contribution < -0.4 is 14.2 Å². The predicted molar refractivity (Wildman–Crippen MR) is 73.7 cm³/mol. The molecule has 1 aromatic carbocycles. The number of ether oxygens (including phenoxy) is 3. The van der Waals surface area contributed by atoms with E-state index in [2.05, 4.69) is 15.9 Å². The topological polar surface area (TPSA) is 71.7 Å². The van der Waals surface area contributed by atoms with Crippen LogP contribution >= 0.6 is 15.9 Å². The molecule has 0 radical (unpaired) electrons. The predicted octanol–water partition coefficient (Wildman–Crippen LogP) is 2.15. The standard InChI is InChI=1S/C13H16BrNO4/c1-17-10-5-9(4-8(6-15)7-16)11(14)13(19-3)12(10)18-2/h5,8,16H,4,7H2,1-3H3. The lowest BCUT2D eigenvalue weighted by atomic mass is 10.0. The summed E-state index contributed by atoms with van der Waals surface area (Å²) in [5.74, 6) is 1.04. The molecule has 5 nitrogen and oxygen atoms in total. The normalized spacial score (nSPS) is 11.6. The zero-order valence-electron chi connectivity index (χ0n) is 11.1. The van der Waals surface area contributed by atoms with E-state index in [1.807, 2.05) is 6.07 Å². The number of rotatable bonds is 6. The fourth-order valence-electron chi connectivity index (χ4n) is 1.74. The second kappa shape index (κ2) is 7.22. The van der Waals surface area contributed by atoms with Crippen molar-refractivity contribution in [2.45, 2.75) is 6.42 Å². The number of hydrogen-bond donors (Lipinski definition) is 1. The summed E-state index contributed by atoms with van der Waals surface area (Å²) < 4.78 is 16.5. The number of nitriles is 1. The molecule has 0 aliphatic rings. The molecule has 0 aliphatic heterocycles. The third-order valence-electron chi connectivity index (χ3n) is 2.71. The van der Waals surface area contributed by atoms with Gasteiger partial charge in [-0.25, -0.2) is 0 Å². The molecule has 19 heavy (non-hydrogen) atoms. The van der Waals surface area contributed by atoms with E-state index in [9.17, 15) is 0 Å². The maximum Gasteiger partial charge on any atom is 0.204 e. The van der Waals surface area contributed by atoms with E-state index in [1.54, 1.807) is 6.07 Å². The number of aliphatic hydroxyl groups excluding tert-OH is 1. The van der Waals surface area contributed by atoms with Crippen molar-refractivity contribution < 1.29 is 19.3 Å². The third-order valence-corrected chi connectivity index (χ3v) is 3.58. The molecule has 0 fully saturated rings. The first-order valence-electron chi connectivity index (χ1n) is 5.60. The van der Waals surface area contributed by atoms with Crippen LogP contribution in [0.5, 0.6) is 17.2 Å². The molecule has 0 amide bonds. The molecule has 0 spiro atoms. The van der Waals surface area contributed by atoms with Gasteiger partial charge >= 0.3 is 0 Å². The van der Waals surface area contributed by atoms with Crippen molar-refractivity contribution in [1.29, 1.82) is 5.26 Å². The average molecular weight is 330 g/mol. The van der Waals surface area contributed by atoms with Gasteiger partial charge in [0.25, 0.3) is 0 Å². The first-order valence-corrected chi connectivity index (χ1v) is 6.40. The van der Waals surface area contributed by atoms with Crippen LogP contribution in [0.4, 0.5) is 0 Å². The lowest BCUT2D eigenvalue weighted by Crippen LogP contribution is -2.08. The van der Waals surface area contributed by atoms with E-state index >= 15 is 0 Å². The van der Waals surface area contributed by atoms with Gasteiger partial charge in [-0.15, -0.1) is 0 Å². The van der Waals surface area contributed by atoms with Crippen LogP contribution in [0.2, 0.25) is 0 Å². The Morgan fingerprint density at radius 2 is 1.89 bits per heavy atom. The smallest absolute Gasteiger partial charge is 0.204 e. The molecular formula is C13H16BrNO4. The Bertz CT molecular complexity index is 485. The number of halogens is 1. The van der Waals surface area contributed by atoms with Crippen molar-refractivity contribution in [2.75, 3.05) is 27.9 Å². The van der Waals surface area contributed by atoms with Crippen molar-refractivity contribution >= 4 is 15.9 Å². The number of benzene rings is 1. The van der Waals surface area contributed by atoms with Crippen molar-refractivity contribution in [3.63, 3.8) is 0 Å². The molecule has 1 atom stereocenters. The fraction of sp³-hybridized carbons (Fsp3) is 0.462. The minimum absolute atomic E-state index is 0.195. The van der Waals surface area contributed by atoms with Crippen molar-refractivity contribution in [2.24, 2.45) is 5.92 Å². The Hall–Kier alpha value is -1.45. The highest BCUT2D eigenvalue weighted by Gasteiger charge is 2.20. The molecule has 104 valence electrons. The van der Waals surface area contributed by atoms with E-state index in [-0.39, 0.29) is 6.61 Å². The molecular weight excluding hydrogens is 314 g/mol. The number of aliphatic hydroxyl groups is 1. The summed E-state index contributed by atoms with van der Waals surface area (Å²) in [6.45, 7) is -0.195. The quantitative estimate of drug-likeness (QED) is 0.865. The number of methoxy groups -OCH3 is 3. The van der Waals surface area contributed by atoms with E-state index in [0.29, 0.717) is 28.1 Å². The largest absolute Gasteiger partial charge is 0.493 e. The maximum atomic E-state index is 9.11. The van der Waals surface area contributed by atoms with Crippen LogP contribution in [0, 0.1) is 17.2 Å². The molecule has 0 saturated carbocycles. The highest BCUT2D eigenvalue weighted by atomic mass is 79.9. The van der Waals surface area contributed by atoms with Crippen molar-refractivity contribution in [3.8, 4) is 23.3 Å². The van der Waals surface area contributed by atoms with Gasteiger partial charge in [0, 0.05) is 0 Å². The van der Waals surface area contributed by atoms with Crippen molar-refractivity contribution in [1.82, 2.24) is 0 Å². The second-order valence-electron chi connectivity index (χ2n) is 3.83. The van der Waals surface area contributed by atoms with Crippen LogP contribution in [-0.2, 0) is 6.42 Å². The summed E-state index contributed by atoms with van der Waals surface area (Å²) in [6, 6.07) is 3.82. The van der Waals surface area contributed by atoms with Gasteiger partial charge in [-0.1, -0.05) is 0 Å². The summed E-state index contributed by atoms with van der Waals surface area (Å²) in [5.41, 5.74) is 0.815. The Morgan fingerprint density at radius 1 is 1.26 bits per heavy atom. The first-order chi connectivity index (χ1) is 9.12. The van der Waals surface area contributed by atoms with Gasteiger partial charge in [0.05, 0.1) is 44.4 Å². The van der Waals surface area contributed by atoms with Gasteiger partial charge in [-0.3, -0.25) is 0 Å². The van der Waals surface area contributed by atoms with Crippen LogP contribution in [0.1, 0.15) is 5.56 Å². The van der Waals surface area contributed by atoms with E-state index < -0.39 is 5.92 Å². The summed E-state index contributed by atoms with van der Waals surface area (Å²) in [7, 11) is 4.58. The second-order valence-corrected chi connectivity index (χ2v) is 4.62. The molecule has 1 aromatic rings. The minimum atomic E-state index is -0.473. The molecule has 6 heteroatoms. The third kappa shape index (κ3) is 3.31. The Morgan fingerprint density at radius 3 is 2.32 bits per heavy atom. The van der Waals surface area contributed by atoms with Crippen LogP contribution in [0.15, 0.2) is 10.5 Å². The molecule has 0 aromatic heterocycles. The SMILES string of the molecule is COc1cc(CC(C#N)CO)c(Br)c(OC)c1OC. The highest BCUT2D eigenvalue weighted by molar-refractivity contribution is 9.10. The summed E-state index contributed by atoms with van der Waals surface area (Å²) in [4.78, 5) is 0. The van der Waals surface area contributed by atoms with Crippen molar-refractivity contribution in [3.05, 3.63) is 16.1 Å². The van der Waals surface area contributed by atoms with Gasteiger partial charge < -0.3 is 19.3 Å². The van der Waals surface area contributed by atoms with E-state index in [1.165, 1.54) is 21.3 Å². The molecule has 1 N–H and O–H groups in total. The van der Waals surface area contributed by atoms with Gasteiger partial charge in [-0.05, 0) is 34.0 Å². The van der Waals surface area contributed by atoms with E-state index in [4.69, 9.17) is 24.6 Å². The average Bonchev–Trinajstić information content (AvgIpc) is 2.45. The fourth-order valence-corrected chi connectivity index (χ4v) is 2.36. The monoisotopic (exact) mass is 329 g/mol.